The molecule has 8 nitrogen and oxygen atoms in total. The van der Waals surface area contributed by atoms with Crippen molar-refractivity contribution in [3.05, 3.63) is 65.2 Å². The average molecular weight is 575 g/mol. The summed E-state index contributed by atoms with van der Waals surface area (Å²) in [6.45, 7) is 6.95. The zero-order valence-corrected chi connectivity index (χ0v) is 24.4. The summed E-state index contributed by atoms with van der Waals surface area (Å²) in [7, 11) is 1.60. The van der Waals surface area contributed by atoms with Gasteiger partial charge in [0.2, 0.25) is 5.91 Å². The van der Waals surface area contributed by atoms with E-state index in [1.54, 1.807) is 12.0 Å². The summed E-state index contributed by atoms with van der Waals surface area (Å²) < 4.78 is 38.8. The van der Waals surface area contributed by atoms with Crippen LogP contribution in [0.3, 0.4) is 0 Å². The van der Waals surface area contributed by atoms with Crippen LogP contribution in [-0.2, 0) is 22.5 Å². The Bertz CT molecular complexity index is 1110. The summed E-state index contributed by atoms with van der Waals surface area (Å²) in [5, 5.41) is 3.28. The molecule has 10 heteroatoms. The molecule has 226 valence electrons. The number of ether oxygens (including phenoxy) is 2. The van der Waals surface area contributed by atoms with Gasteiger partial charge in [-0.25, -0.2) is 13.6 Å². The van der Waals surface area contributed by atoms with Crippen molar-refractivity contribution in [1.29, 1.82) is 0 Å². The van der Waals surface area contributed by atoms with Crippen LogP contribution >= 0.6 is 0 Å². The van der Waals surface area contributed by atoms with Gasteiger partial charge in [-0.15, -0.1) is 0 Å². The molecule has 1 saturated heterocycles. The molecule has 3 N–H and O–H groups in total. The lowest BCUT2D eigenvalue weighted by atomic mass is 9.96. The maximum Gasteiger partial charge on any atom is 0.410 e. The van der Waals surface area contributed by atoms with Crippen LogP contribution in [0.4, 0.5) is 13.6 Å². The molecular weight excluding hydrogens is 530 g/mol. The molecule has 1 aliphatic heterocycles. The highest BCUT2D eigenvalue weighted by atomic mass is 19.1. The normalized spacial score (nSPS) is 16.6. The van der Waals surface area contributed by atoms with Gasteiger partial charge in [-0.1, -0.05) is 26.0 Å². The number of methoxy groups -OCH3 is 1. The first-order valence-corrected chi connectivity index (χ1v) is 14.5. The Balaban J connectivity index is 1.69. The quantitative estimate of drug-likeness (QED) is 0.345. The number of carbonyl (C=O) groups is 2. The van der Waals surface area contributed by atoms with E-state index >= 15 is 0 Å². The number of amides is 2. The standard InChI is InChI=1S/C31H44F2N4O4/c1-4-11-36(12-5-2)30(38)24-9-7-13-37(21-24)31(39)41-29(20-35-19-22-8-6-10-27(16-22)40-3)28(34)17-23-14-25(32)18-26(33)15-23/h6,8,10,14-16,18,24,28-29,35H,4-5,7,9,11-13,17,19-21,34H2,1-3H3/t24?,28-,29+/m0/s1. The van der Waals surface area contributed by atoms with Crippen LogP contribution in [0.15, 0.2) is 42.5 Å². The van der Waals surface area contributed by atoms with E-state index in [0.717, 1.165) is 36.6 Å². The number of halogens is 2. The van der Waals surface area contributed by atoms with Gasteiger partial charge in [-0.3, -0.25) is 4.79 Å². The van der Waals surface area contributed by atoms with Crippen molar-refractivity contribution < 1.29 is 27.8 Å². The van der Waals surface area contributed by atoms with Gasteiger partial charge in [0.15, 0.2) is 0 Å². The van der Waals surface area contributed by atoms with Gasteiger partial charge in [-0.05, 0) is 67.5 Å². The van der Waals surface area contributed by atoms with Gasteiger partial charge in [0, 0.05) is 51.4 Å². The molecular formula is C31H44F2N4O4. The average Bonchev–Trinajstić information content (AvgIpc) is 2.95. The Kier molecular flexibility index (Phi) is 12.8. The second-order valence-corrected chi connectivity index (χ2v) is 10.7. The molecule has 0 aromatic heterocycles. The van der Waals surface area contributed by atoms with Crippen molar-refractivity contribution in [1.82, 2.24) is 15.1 Å². The van der Waals surface area contributed by atoms with Crippen LogP contribution < -0.4 is 15.8 Å². The molecule has 0 bridgehead atoms. The van der Waals surface area contributed by atoms with Crippen LogP contribution in [0.5, 0.6) is 5.75 Å². The van der Waals surface area contributed by atoms with Gasteiger partial charge >= 0.3 is 6.09 Å². The van der Waals surface area contributed by atoms with E-state index in [9.17, 15) is 18.4 Å². The molecule has 0 radical (unpaired) electrons. The molecule has 0 aliphatic carbocycles. The van der Waals surface area contributed by atoms with E-state index in [1.807, 2.05) is 43.0 Å². The summed E-state index contributed by atoms with van der Waals surface area (Å²) >= 11 is 0. The molecule has 41 heavy (non-hydrogen) atoms. The predicted molar refractivity (Wildman–Crippen MR) is 154 cm³/mol. The summed E-state index contributed by atoms with van der Waals surface area (Å²) in [5.41, 5.74) is 7.82. The van der Waals surface area contributed by atoms with Crippen LogP contribution in [0.25, 0.3) is 0 Å². The minimum absolute atomic E-state index is 0.0764. The number of carbonyl (C=O) groups excluding carboxylic acids is 2. The lowest BCUT2D eigenvalue weighted by Gasteiger charge is -2.35. The summed E-state index contributed by atoms with van der Waals surface area (Å²) in [6.07, 6.45) is 1.95. The smallest absolute Gasteiger partial charge is 0.410 e. The second kappa shape index (κ2) is 16.3. The van der Waals surface area contributed by atoms with Crippen molar-refractivity contribution in [2.45, 2.75) is 64.6 Å². The first-order valence-electron chi connectivity index (χ1n) is 14.5. The number of nitrogens with zero attached hydrogens (tertiary/aromatic N) is 2. The largest absolute Gasteiger partial charge is 0.497 e. The monoisotopic (exact) mass is 574 g/mol. The topological polar surface area (TPSA) is 97.1 Å². The fourth-order valence-electron chi connectivity index (χ4n) is 5.23. The van der Waals surface area contributed by atoms with Crippen molar-refractivity contribution in [2.24, 2.45) is 11.7 Å². The minimum Gasteiger partial charge on any atom is -0.497 e. The Morgan fingerprint density at radius 3 is 2.46 bits per heavy atom. The number of nitrogens with two attached hydrogens (primary N) is 1. The molecule has 2 aromatic rings. The minimum atomic E-state index is -0.785. The third-order valence-corrected chi connectivity index (χ3v) is 7.26. The van der Waals surface area contributed by atoms with E-state index in [1.165, 1.54) is 12.1 Å². The van der Waals surface area contributed by atoms with Crippen LogP contribution in [0.1, 0.15) is 50.7 Å². The van der Waals surface area contributed by atoms with Gasteiger partial charge in [-0.2, -0.15) is 0 Å². The van der Waals surface area contributed by atoms with Crippen molar-refractivity contribution in [3.8, 4) is 5.75 Å². The number of hydrogen-bond acceptors (Lipinski definition) is 6. The molecule has 0 spiro atoms. The molecule has 1 heterocycles. The second-order valence-electron chi connectivity index (χ2n) is 10.7. The first kappa shape index (κ1) is 32.3. The van der Waals surface area contributed by atoms with Gasteiger partial charge in [0.05, 0.1) is 13.0 Å². The molecule has 3 rings (SSSR count). The van der Waals surface area contributed by atoms with E-state index < -0.39 is 29.9 Å². The molecule has 0 saturated carbocycles. The predicted octanol–water partition coefficient (Wildman–Crippen LogP) is 4.50. The zero-order chi connectivity index (χ0) is 29.8. The summed E-state index contributed by atoms with van der Waals surface area (Å²) in [4.78, 5) is 30.0. The van der Waals surface area contributed by atoms with E-state index in [2.05, 4.69) is 5.32 Å². The molecule has 2 aromatic carbocycles. The van der Waals surface area contributed by atoms with E-state index in [0.29, 0.717) is 38.2 Å². The molecule has 1 fully saturated rings. The zero-order valence-electron chi connectivity index (χ0n) is 24.4. The molecule has 2 amide bonds. The number of hydrogen-bond donors (Lipinski definition) is 2. The lowest BCUT2D eigenvalue weighted by Crippen LogP contribution is -2.51. The molecule has 1 aliphatic rings. The lowest BCUT2D eigenvalue weighted by molar-refractivity contribution is -0.137. The van der Waals surface area contributed by atoms with Crippen LogP contribution in [-0.4, -0.2) is 73.8 Å². The van der Waals surface area contributed by atoms with E-state index in [-0.39, 0.29) is 31.3 Å². The maximum absolute atomic E-state index is 13.8. The number of benzene rings is 2. The number of rotatable bonds is 14. The summed E-state index contributed by atoms with van der Waals surface area (Å²) in [5.74, 6) is -0.861. The first-order chi connectivity index (χ1) is 19.7. The number of piperidine rings is 1. The summed E-state index contributed by atoms with van der Waals surface area (Å²) in [6, 6.07) is 10.1. The SMILES string of the molecule is CCCN(CCC)C(=O)C1CCCN(C(=O)O[C@H](CNCc2cccc(OC)c2)[C@@H](N)Cc2cc(F)cc(F)c2)C1. The Hall–Kier alpha value is -3.24. The Morgan fingerprint density at radius 2 is 1.80 bits per heavy atom. The van der Waals surface area contributed by atoms with Crippen molar-refractivity contribution in [3.63, 3.8) is 0 Å². The third-order valence-electron chi connectivity index (χ3n) is 7.26. The number of nitrogens with one attached hydrogen (secondary N) is 1. The fourth-order valence-corrected chi connectivity index (χ4v) is 5.23. The molecule has 1 unspecified atom stereocenters. The highest BCUT2D eigenvalue weighted by molar-refractivity contribution is 5.80. The third kappa shape index (κ3) is 9.97. The van der Waals surface area contributed by atoms with Gasteiger partial charge in [0.1, 0.15) is 23.5 Å². The van der Waals surface area contributed by atoms with Crippen molar-refractivity contribution >= 4 is 12.0 Å². The highest BCUT2D eigenvalue weighted by Gasteiger charge is 2.33. The van der Waals surface area contributed by atoms with Gasteiger partial charge < -0.3 is 30.3 Å². The maximum atomic E-state index is 13.8. The Labute approximate surface area is 242 Å². The Morgan fingerprint density at radius 1 is 1.10 bits per heavy atom. The highest BCUT2D eigenvalue weighted by Crippen LogP contribution is 2.21. The van der Waals surface area contributed by atoms with Crippen molar-refractivity contribution in [2.75, 3.05) is 39.8 Å². The van der Waals surface area contributed by atoms with E-state index in [4.69, 9.17) is 15.2 Å². The number of likely N-dealkylation sites (tertiary alicyclic amines) is 1. The molecule has 3 atom stereocenters. The van der Waals surface area contributed by atoms with Crippen LogP contribution in [0.2, 0.25) is 0 Å². The van der Waals surface area contributed by atoms with Crippen LogP contribution in [0, 0.1) is 17.6 Å². The van der Waals surface area contributed by atoms with Gasteiger partial charge in [0.25, 0.3) is 0 Å². The fraction of sp³-hybridized carbons (Fsp3) is 0.548.